The molecule has 1 aliphatic heterocycles. The lowest BCUT2D eigenvalue weighted by atomic mass is 9.94. The van der Waals surface area contributed by atoms with Gasteiger partial charge in [0, 0.05) is 26.1 Å². The molecule has 1 aliphatic rings. The number of nitrogens with one attached hydrogen (secondary N) is 2. The summed E-state index contributed by atoms with van der Waals surface area (Å²) in [6.07, 6.45) is 1.94. The average Bonchev–Trinajstić information content (AvgIpc) is 2.99. The summed E-state index contributed by atoms with van der Waals surface area (Å²) >= 11 is 0. The molecule has 7 nitrogen and oxygen atoms in total. The van der Waals surface area contributed by atoms with E-state index in [1.165, 1.54) is 4.90 Å². The highest BCUT2D eigenvalue weighted by Gasteiger charge is 2.23. The molecule has 3 heterocycles. The predicted octanol–water partition coefficient (Wildman–Crippen LogP) is 1.34. The maximum Gasteiger partial charge on any atom is 0.254 e. The van der Waals surface area contributed by atoms with Crippen LogP contribution in [0.25, 0.3) is 16.6 Å². The third kappa shape index (κ3) is 2.60. The van der Waals surface area contributed by atoms with Gasteiger partial charge in [-0.25, -0.2) is 4.52 Å². The van der Waals surface area contributed by atoms with Crippen LogP contribution < -0.4 is 10.9 Å². The Hall–Kier alpha value is -2.67. The van der Waals surface area contributed by atoms with Crippen LogP contribution in [0.1, 0.15) is 34.8 Å². The highest BCUT2D eigenvalue weighted by atomic mass is 16.2. The lowest BCUT2D eigenvalue weighted by Gasteiger charge is -2.23. The number of rotatable bonds is 2. The van der Waals surface area contributed by atoms with E-state index in [-0.39, 0.29) is 17.4 Å². The molecule has 1 fully saturated rings. The van der Waals surface area contributed by atoms with Crippen LogP contribution in [0.4, 0.5) is 0 Å². The number of aromatic nitrogens is 3. The van der Waals surface area contributed by atoms with Crippen LogP contribution in [-0.2, 0) is 0 Å². The number of H-pyrrole nitrogens is 1. The van der Waals surface area contributed by atoms with E-state index in [2.05, 4.69) is 15.4 Å². The zero-order valence-electron chi connectivity index (χ0n) is 14.4. The quantitative estimate of drug-likeness (QED) is 0.738. The molecule has 0 unspecified atom stereocenters. The predicted molar refractivity (Wildman–Crippen MR) is 96.2 cm³/mol. The number of nitrogens with zero attached hydrogens (tertiary/aromatic N) is 3. The zero-order chi connectivity index (χ0) is 17.6. The summed E-state index contributed by atoms with van der Waals surface area (Å²) in [7, 11) is 3.44. The van der Waals surface area contributed by atoms with Crippen molar-refractivity contribution in [2.24, 2.45) is 0 Å². The van der Waals surface area contributed by atoms with Crippen molar-refractivity contribution in [3.8, 4) is 0 Å². The van der Waals surface area contributed by atoms with Gasteiger partial charge in [0.25, 0.3) is 11.5 Å². The second-order valence-electron chi connectivity index (χ2n) is 6.74. The van der Waals surface area contributed by atoms with Crippen molar-refractivity contribution in [2.45, 2.75) is 18.8 Å². The average molecular weight is 339 g/mol. The second kappa shape index (κ2) is 6.00. The summed E-state index contributed by atoms with van der Waals surface area (Å²) in [6.45, 7) is 1.87. The number of carbonyl (C=O) groups is 1. The summed E-state index contributed by atoms with van der Waals surface area (Å²) in [5, 5.41) is 8.74. The Kier molecular flexibility index (Phi) is 3.80. The monoisotopic (exact) mass is 339 g/mol. The number of carbonyl (C=O) groups excluding carboxylic acids is 1. The van der Waals surface area contributed by atoms with Gasteiger partial charge < -0.3 is 15.2 Å². The molecule has 0 saturated carbocycles. The van der Waals surface area contributed by atoms with Crippen molar-refractivity contribution in [3.63, 3.8) is 0 Å². The van der Waals surface area contributed by atoms with Crippen LogP contribution in [0.15, 0.2) is 29.1 Å². The zero-order valence-corrected chi connectivity index (χ0v) is 14.4. The minimum atomic E-state index is -0.157. The lowest BCUT2D eigenvalue weighted by molar-refractivity contribution is 0.0829. The number of benzene rings is 1. The van der Waals surface area contributed by atoms with E-state index in [9.17, 15) is 9.59 Å². The second-order valence-corrected chi connectivity index (χ2v) is 6.74. The third-order valence-corrected chi connectivity index (χ3v) is 4.86. The van der Waals surface area contributed by atoms with Gasteiger partial charge in [0.05, 0.1) is 22.2 Å². The molecule has 130 valence electrons. The molecule has 1 saturated heterocycles. The van der Waals surface area contributed by atoms with Crippen molar-refractivity contribution in [3.05, 3.63) is 45.9 Å². The highest BCUT2D eigenvalue weighted by Crippen LogP contribution is 2.28. The maximum absolute atomic E-state index is 12.6. The largest absolute Gasteiger partial charge is 0.345 e. The normalized spacial score (nSPS) is 15.8. The van der Waals surface area contributed by atoms with Crippen LogP contribution in [-0.4, -0.2) is 52.6 Å². The van der Waals surface area contributed by atoms with E-state index in [0.29, 0.717) is 22.1 Å². The summed E-state index contributed by atoms with van der Waals surface area (Å²) in [4.78, 5) is 29.3. The Bertz CT molecular complexity index is 1010. The molecule has 0 spiro atoms. The highest BCUT2D eigenvalue weighted by molar-refractivity contribution is 6.11. The standard InChI is InChI=1S/C18H21N5O2/c1-22(2)18(25)12-4-3-5-13-16(12)17-20-15(24)10-14(23(17)21-13)11-6-8-19-9-7-11/h3-5,10-11,19H,6-9H2,1-2H3,(H,20,24). The van der Waals surface area contributed by atoms with Gasteiger partial charge >= 0.3 is 0 Å². The minimum Gasteiger partial charge on any atom is -0.345 e. The number of aromatic amines is 1. The maximum atomic E-state index is 12.6. The molecule has 1 aromatic carbocycles. The van der Waals surface area contributed by atoms with E-state index >= 15 is 0 Å². The summed E-state index contributed by atoms with van der Waals surface area (Å²) in [6, 6.07) is 7.12. The van der Waals surface area contributed by atoms with E-state index in [4.69, 9.17) is 0 Å². The Balaban J connectivity index is 2.02. The molecule has 25 heavy (non-hydrogen) atoms. The first-order valence-corrected chi connectivity index (χ1v) is 8.53. The molecular weight excluding hydrogens is 318 g/mol. The van der Waals surface area contributed by atoms with Gasteiger partial charge in [-0.3, -0.25) is 9.59 Å². The Morgan fingerprint density at radius 1 is 1.28 bits per heavy atom. The van der Waals surface area contributed by atoms with Crippen LogP contribution >= 0.6 is 0 Å². The fourth-order valence-corrected chi connectivity index (χ4v) is 3.61. The van der Waals surface area contributed by atoms with E-state index in [1.54, 1.807) is 26.2 Å². The van der Waals surface area contributed by atoms with Crippen molar-refractivity contribution in [2.75, 3.05) is 27.2 Å². The number of fused-ring (bicyclic) bond motifs is 3. The molecule has 2 N–H and O–H groups in total. The molecule has 0 atom stereocenters. The molecular formula is C18H21N5O2. The molecule has 0 aliphatic carbocycles. The number of hydrogen-bond acceptors (Lipinski definition) is 4. The van der Waals surface area contributed by atoms with Gasteiger partial charge in [-0.2, -0.15) is 5.10 Å². The molecule has 0 radical (unpaired) electrons. The van der Waals surface area contributed by atoms with Gasteiger partial charge in [0.1, 0.15) is 5.65 Å². The first-order valence-electron chi connectivity index (χ1n) is 8.53. The van der Waals surface area contributed by atoms with Crippen LogP contribution in [0, 0.1) is 0 Å². The molecule has 1 amide bonds. The fourth-order valence-electron chi connectivity index (χ4n) is 3.61. The van der Waals surface area contributed by atoms with Gasteiger partial charge in [0.2, 0.25) is 0 Å². The minimum absolute atomic E-state index is 0.103. The number of piperidine rings is 1. The molecule has 2 aromatic heterocycles. The SMILES string of the molecule is CN(C)C(=O)c1cccc2nn3c(C4CCNCC4)cc(=O)[nH]c3c12. The van der Waals surface area contributed by atoms with Gasteiger partial charge in [-0.05, 0) is 38.1 Å². The topological polar surface area (TPSA) is 82.5 Å². The Morgan fingerprint density at radius 2 is 2.04 bits per heavy atom. The van der Waals surface area contributed by atoms with E-state index in [0.717, 1.165) is 31.6 Å². The lowest BCUT2D eigenvalue weighted by Crippen LogP contribution is -2.28. The van der Waals surface area contributed by atoms with Crippen LogP contribution in [0.3, 0.4) is 0 Å². The van der Waals surface area contributed by atoms with Crippen LogP contribution in [0.5, 0.6) is 0 Å². The molecule has 7 heteroatoms. The Labute approximate surface area is 144 Å². The van der Waals surface area contributed by atoms with Crippen molar-refractivity contribution in [1.29, 1.82) is 0 Å². The third-order valence-electron chi connectivity index (χ3n) is 4.86. The first-order chi connectivity index (χ1) is 12.1. The Morgan fingerprint density at radius 3 is 2.76 bits per heavy atom. The van der Waals surface area contributed by atoms with E-state index < -0.39 is 0 Å². The first kappa shape index (κ1) is 15.8. The summed E-state index contributed by atoms with van der Waals surface area (Å²) in [5.74, 6) is 0.182. The van der Waals surface area contributed by atoms with Crippen LogP contribution in [0.2, 0.25) is 0 Å². The molecule has 3 aromatic rings. The summed E-state index contributed by atoms with van der Waals surface area (Å²) < 4.78 is 1.81. The fraction of sp³-hybridized carbons (Fsp3) is 0.389. The van der Waals surface area contributed by atoms with Gasteiger partial charge in [-0.15, -0.1) is 0 Å². The van der Waals surface area contributed by atoms with Gasteiger partial charge in [-0.1, -0.05) is 6.07 Å². The number of hydrogen-bond donors (Lipinski definition) is 2. The van der Waals surface area contributed by atoms with Crippen molar-refractivity contribution >= 4 is 22.5 Å². The molecule has 0 bridgehead atoms. The van der Waals surface area contributed by atoms with Gasteiger partial charge in [0.15, 0.2) is 0 Å². The van der Waals surface area contributed by atoms with E-state index in [1.807, 2.05) is 16.6 Å². The summed E-state index contributed by atoms with van der Waals surface area (Å²) in [5.41, 5.74) is 2.62. The van der Waals surface area contributed by atoms with Crippen molar-refractivity contribution < 1.29 is 4.79 Å². The van der Waals surface area contributed by atoms with Crippen molar-refractivity contribution in [1.82, 2.24) is 24.8 Å². The molecule has 4 rings (SSSR count). The number of amides is 1. The smallest absolute Gasteiger partial charge is 0.254 e.